The lowest BCUT2D eigenvalue weighted by Gasteiger charge is -2.35. The zero-order chi connectivity index (χ0) is 22.4. The molecule has 2 unspecified atom stereocenters. The van der Waals surface area contributed by atoms with Gasteiger partial charge in [-0.3, -0.25) is 14.5 Å². The average Bonchev–Trinajstić information content (AvgIpc) is 2.79. The summed E-state index contributed by atoms with van der Waals surface area (Å²) in [6, 6.07) is 6.04. The van der Waals surface area contributed by atoms with Crippen LogP contribution in [0.5, 0.6) is 0 Å². The van der Waals surface area contributed by atoms with Gasteiger partial charge >= 0.3 is 0 Å². The number of amides is 2. The van der Waals surface area contributed by atoms with E-state index in [1.165, 1.54) is 10.4 Å². The Morgan fingerprint density at radius 2 is 1.87 bits per heavy atom. The van der Waals surface area contributed by atoms with Gasteiger partial charge in [0, 0.05) is 31.9 Å². The van der Waals surface area contributed by atoms with Crippen molar-refractivity contribution in [1.29, 1.82) is 0 Å². The number of piperidine rings is 2. The fraction of sp³-hybridized carbons (Fsp3) is 0.636. The molecule has 2 aliphatic heterocycles. The molecule has 2 aliphatic rings. The van der Waals surface area contributed by atoms with Crippen molar-refractivity contribution in [3.05, 3.63) is 24.3 Å². The van der Waals surface area contributed by atoms with E-state index in [1.807, 2.05) is 18.7 Å². The highest BCUT2D eigenvalue weighted by atomic mass is 32.2. The van der Waals surface area contributed by atoms with Crippen molar-refractivity contribution in [1.82, 2.24) is 14.5 Å². The molecule has 2 heterocycles. The molecular formula is C22H34N4O4S. The van der Waals surface area contributed by atoms with Crippen LogP contribution >= 0.6 is 0 Å². The van der Waals surface area contributed by atoms with Gasteiger partial charge in [-0.1, -0.05) is 12.5 Å². The third-order valence-corrected chi connectivity index (χ3v) is 8.05. The molecule has 0 saturated carbocycles. The summed E-state index contributed by atoms with van der Waals surface area (Å²) in [5.41, 5.74) is 0.465. The highest BCUT2D eigenvalue weighted by Crippen LogP contribution is 2.24. The van der Waals surface area contributed by atoms with Gasteiger partial charge in [0.25, 0.3) is 0 Å². The molecule has 1 aromatic rings. The molecule has 2 saturated heterocycles. The Kier molecular flexibility index (Phi) is 8.07. The van der Waals surface area contributed by atoms with Crippen molar-refractivity contribution in [2.45, 2.75) is 56.9 Å². The summed E-state index contributed by atoms with van der Waals surface area (Å²) in [6.45, 7) is 6.70. The van der Waals surface area contributed by atoms with Gasteiger partial charge in [-0.25, -0.2) is 8.42 Å². The van der Waals surface area contributed by atoms with Crippen LogP contribution < -0.4 is 10.6 Å². The SMILES string of the molecule is CCNC(=O)C1CCCN(C(C)C(=O)Nc2cccc(S(=O)(=O)N3CCCCC3)c2)C1. The summed E-state index contributed by atoms with van der Waals surface area (Å²) in [5.74, 6) is -0.276. The highest BCUT2D eigenvalue weighted by molar-refractivity contribution is 7.89. The number of nitrogens with zero attached hydrogens (tertiary/aromatic N) is 2. The minimum atomic E-state index is -3.56. The summed E-state index contributed by atoms with van der Waals surface area (Å²) < 4.78 is 27.4. The molecule has 0 spiro atoms. The Labute approximate surface area is 185 Å². The zero-order valence-corrected chi connectivity index (χ0v) is 19.3. The molecule has 2 atom stereocenters. The molecule has 3 rings (SSSR count). The Bertz CT molecular complexity index is 883. The van der Waals surface area contributed by atoms with Crippen LogP contribution in [0.2, 0.25) is 0 Å². The van der Waals surface area contributed by atoms with Crippen molar-refractivity contribution in [3.63, 3.8) is 0 Å². The van der Waals surface area contributed by atoms with Gasteiger partial charge in [0.1, 0.15) is 0 Å². The fourth-order valence-corrected chi connectivity index (χ4v) is 5.86. The molecular weight excluding hydrogens is 416 g/mol. The lowest BCUT2D eigenvalue weighted by atomic mass is 9.96. The number of carbonyl (C=O) groups excluding carboxylic acids is 2. The number of anilines is 1. The lowest BCUT2D eigenvalue weighted by molar-refractivity contribution is -0.129. The van der Waals surface area contributed by atoms with Crippen LogP contribution in [0.15, 0.2) is 29.2 Å². The van der Waals surface area contributed by atoms with Gasteiger partial charge in [-0.05, 0) is 64.3 Å². The second-order valence-corrected chi connectivity index (χ2v) is 10.3. The molecule has 0 bridgehead atoms. The Hall–Kier alpha value is -1.97. The van der Waals surface area contributed by atoms with Crippen LogP contribution in [0.1, 0.15) is 46.0 Å². The van der Waals surface area contributed by atoms with E-state index in [-0.39, 0.29) is 22.6 Å². The van der Waals surface area contributed by atoms with Crippen LogP contribution in [0.3, 0.4) is 0 Å². The van der Waals surface area contributed by atoms with Gasteiger partial charge in [0.15, 0.2) is 0 Å². The number of likely N-dealkylation sites (tertiary alicyclic amines) is 1. The molecule has 2 N–H and O–H groups in total. The van der Waals surface area contributed by atoms with Crippen LogP contribution in [0.25, 0.3) is 0 Å². The smallest absolute Gasteiger partial charge is 0.243 e. The molecule has 8 nitrogen and oxygen atoms in total. The predicted octanol–water partition coefficient (Wildman–Crippen LogP) is 2.04. The predicted molar refractivity (Wildman–Crippen MR) is 120 cm³/mol. The molecule has 1 aromatic carbocycles. The van der Waals surface area contributed by atoms with E-state index in [9.17, 15) is 18.0 Å². The van der Waals surface area contributed by atoms with E-state index in [0.717, 1.165) is 38.6 Å². The zero-order valence-electron chi connectivity index (χ0n) is 18.5. The first kappa shape index (κ1) is 23.7. The van der Waals surface area contributed by atoms with Gasteiger partial charge in [0.05, 0.1) is 16.9 Å². The van der Waals surface area contributed by atoms with E-state index in [4.69, 9.17) is 0 Å². The number of sulfonamides is 1. The Morgan fingerprint density at radius 1 is 1.13 bits per heavy atom. The van der Waals surface area contributed by atoms with Crippen molar-refractivity contribution in [2.75, 3.05) is 38.0 Å². The fourth-order valence-electron chi connectivity index (χ4n) is 4.29. The quantitative estimate of drug-likeness (QED) is 0.662. The van der Waals surface area contributed by atoms with Gasteiger partial charge in [-0.2, -0.15) is 4.31 Å². The number of hydrogen-bond donors (Lipinski definition) is 2. The minimum absolute atomic E-state index is 0.0374. The maximum atomic E-state index is 12.9. The summed E-state index contributed by atoms with van der Waals surface area (Å²) in [4.78, 5) is 27.3. The van der Waals surface area contributed by atoms with E-state index < -0.39 is 16.1 Å². The maximum Gasteiger partial charge on any atom is 0.243 e. The lowest BCUT2D eigenvalue weighted by Crippen LogP contribution is -2.50. The van der Waals surface area contributed by atoms with Crippen LogP contribution in [0.4, 0.5) is 5.69 Å². The molecule has 9 heteroatoms. The van der Waals surface area contributed by atoms with Crippen LogP contribution in [0, 0.1) is 5.92 Å². The van der Waals surface area contributed by atoms with Gasteiger partial charge < -0.3 is 10.6 Å². The number of benzene rings is 1. The number of hydrogen-bond acceptors (Lipinski definition) is 5. The molecule has 0 aromatic heterocycles. The van der Waals surface area contributed by atoms with Crippen LogP contribution in [-0.4, -0.2) is 68.2 Å². The van der Waals surface area contributed by atoms with Crippen molar-refractivity contribution in [3.8, 4) is 0 Å². The first-order valence-electron chi connectivity index (χ1n) is 11.3. The van der Waals surface area contributed by atoms with Crippen molar-refractivity contribution >= 4 is 27.5 Å². The van der Waals surface area contributed by atoms with E-state index in [2.05, 4.69) is 10.6 Å². The monoisotopic (exact) mass is 450 g/mol. The van der Waals surface area contributed by atoms with Gasteiger partial charge in [0.2, 0.25) is 21.8 Å². The molecule has 31 heavy (non-hydrogen) atoms. The highest BCUT2D eigenvalue weighted by Gasteiger charge is 2.31. The topological polar surface area (TPSA) is 98.8 Å². The number of rotatable bonds is 7. The third kappa shape index (κ3) is 5.84. The third-order valence-electron chi connectivity index (χ3n) is 6.16. The molecule has 172 valence electrons. The molecule has 0 aliphatic carbocycles. The minimum Gasteiger partial charge on any atom is -0.356 e. The first-order chi connectivity index (χ1) is 14.8. The standard InChI is InChI=1S/C22H34N4O4S/c1-3-23-22(28)18-9-8-12-25(16-18)17(2)21(27)24-19-10-7-11-20(15-19)31(29,30)26-13-5-4-6-14-26/h7,10-11,15,17-18H,3-6,8-9,12-14,16H2,1-2H3,(H,23,28)(H,24,27). The largest absolute Gasteiger partial charge is 0.356 e. The van der Waals surface area contributed by atoms with E-state index in [0.29, 0.717) is 31.9 Å². The summed E-state index contributed by atoms with van der Waals surface area (Å²) in [6.07, 6.45) is 4.49. The second kappa shape index (κ2) is 10.6. The molecule has 0 radical (unpaired) electrons. The Balaban J connectivity index is 1.65. The second-order valence-electron chi connectivity index (χ2n) is 8.39. The summed E-state index contributed by atoms with van der Waals surface area (Å²) in [7, 11) is -3.56. The normalized spacial score (nSPS) is 21.9. The summed E-state index contributed by atoms with van der Waals surface area (Å²) >= 11 is 0. The average molecular weight is 451 g/mol. The van der Waals surface area contributed by atoms with E-state index >= 15 is 0 Å². The van der Waals surface area contributed by atoms with Crippen molar-refractivity contribution < 1.29 is 18.0 Å². The van der Waals surface area contributed by atoms with Crippen LogP contribution in [-0.2, 0) is 19.6 Å². The van der Waals surface area contributed by atoms with E-state index in [1.54, 1.807) is 18.2 Å². The number of carbonyl (C=O) groups is 2. The summed E-state index contributed by atoms with van der Waals surface area (Å²) in [5, 5.41) is 5.72. The Morgan fingerprint density at radius 3 is 2.58 bits per heavy atom. The number of nitrogens with one attached hydrogen (secondary N) is 2. The van der Waals surface area contributed by atoms with Gasteiger partial charge in [-0.15, -0.1) is 0 Å². The molecule has 2 fully saturated rings. The first-order valence-corrected chi connectivity index (χ1v) is 12.7. The maximum absolute atomic E-state index is 12.9. The molecule has 2 amide bonds. The van der Waals surface area contributed by atoms with Crippen molar-refractivity contribution in [2.24, 2.45) is 5.92 Å².